The predicted octanol–water partition coefficient (Wildman–Crippen LogP) is 6.15. The van der Waals surface area contributed by atoms with E-state index in [4.69, 9.17) is 4.74 Å². The van der Waals surface area contributed by atoms with Crippen molar-refractivity contribution < 1.29 is 13.9 Å². The summed E-state index contributed by atoms with van der Waals surface area (Å²) in [6.07, 6.45) is 0. The van der Waals surface area contributed by atoms with Crippen molar-refractivity contribution in [2.24, 2.45) is 0 Å². The van der Waals surface area contributed by atoms with Crippen molar-refractivity contribution >= 4 is 23.4 Å². The summed E-state index contributed by atoms with van der Waals surface area (Å²) in [5.74, 6) is 0.520. The van der Waals surface area contributed by atoms with Crippen LogP contribution in [0.4, 0.5) is 10.1 Å². The number of carbonyl (C=O) groups is 1. The van der Waals surface area contributed by atoms with Gasteiger partial charge in [0.2, 0.25) is 5.91 Å². The molecule has 0 atom stereocenters. The monoisotopic (exact) mass is 490 g/mol. The molecule has 0 unspecified atom stereocenters. The number of para-hydroxylation sites is 3. The van der Waals surface area contributed by atoms with Crippen LogP contribution in [-0.2, 0) is 11.4 Å². The highest BCUT2D eigenvalue weighted by Crippen LogP contribution is 2.28. The second-order valence-corrected chi connectivity index (χ2v) is 9.26. The number of carbonyl (C=O) groups excluding carboxylic acids is 1. The number of ether oxygens (including phenoxy) is 1. The van der Waals surface area contributed by atoms with Gasteiger partial charge in [-0.3, -0.25) is 9.36 Å². The molecular formula is C27H27FN4O2S. The lowest BCUT2D eigenvalue weighted by Crippen LogP contribution is -2.17. The Kier molecular flexibility index (Phi) is 7.82. The standard InChI is InChI=1S/C27H27FN4O2S/c1-18(2)21-13-9-10-19(3)26(21)29-25(33)17-35-27-31-30-24(32(27)20-11-5-4-6-12-20)16-34-23-15-8-7-14-22(23)28/h4-15,18H,16-17H2,1-3H3,(H,29,33). The Morgan fingerprint density at radius 1 is 1.03 bits per heavy atom. The second-order valence-electron chi connectivity index (χ2n) is 8.32. The number of anilines is 1. The topological polar surface area (TPSA) is 69.0 Å². The van der Waals surface area contributed by atoms with Crippen molar-refractivity contribution in [1.82, 2.24) is 14.8 Å². The van der Waals surface area contributed by atoms with Gasteiger partial charge in [0, 0.05) is 11.4 Å². The van der Waals surface area contributed by atoms with Crippen LogP contribution >= 0.6 is 11.8 Å². The molecule has 0 aliphatic heterocycles. The highest BCUT2D eigenvalue weighted by molar-refractivity contribution is 7.99. The van der Waals surface area contributed by atoms with Crippen LogP contribution in [-0.4, -0.2) is 26.4 Å². The van der Waals surface area contributed by atoms with Crippen LogP contribution in [0, 0.1) is 12.7 Å². The molecule has 1 heterocycles. The zero-order chi connectivity index (χ0) is 24.8. The van der Waals surface area contributed by atoms with E-state index < -0.39 is 5.82 Å². The van der Waals surface area contributed by atoms with Gasteiger partial charge in [0.15, 0.2) is 22.5 Å². The van der Waals surface area contributed by atoms with E-state index in [-0.39, 0.29) is 29.9 Å². The number of aryl methyl sites for hydroxylation is 1. The molecule has 0 spiro atoms. The number of amides is 1. The van der Waals surface area contributed by atoms with Crippen LogP contribution in [0.15, 0.2) is 78.0 Å². The number of halogens is 1. The van der Waals surface area contributed by atoms with Crippen LogP contribution in [0.3, 0.4) is 0 Å². The molecule has 1 aromatic heterocycles. The maximum Gasteiger partial charge on any atom is 0.234 e. The maximum atomic E-state index is 14.0. The summed E-state index contributed by atoms with van der Waals surface area (Å²) < 4.78 is 21.5. The van der Waals surface area contributed by atoms with Gasteiger partial charge in [0.05, 0.1) is 5.75 Å². The van der Waals surface area contributed by atoms with Gasteiger partial charge in [0.1, 0.15) is 6.61 Å². The van der Waals surface area contributed by atoms with Crippen LogP contribution in [0.5, 0.6) is 5.75 Å². The molecule has 6 nitrogen and oxygen atoms in total. The first-order valence-corrected chi connectivity index (χ1v) is 12.3. The fourth-order valence-corrected chi connectivity index (χ4v) is 4.45. The molecule has 8 heteroatoms. The van der Waals surface area contributed by atoms with E-state index in [2.05, 4.69) is 29.4 Å². The molecule has 4 rings (SSSR count). The zero-order valence-electron chi connectivity index (χ0n) is 19.9. The van der Waals surface area contributed by atoms with Crippen molar-refractivity contribution in [3.8, 4) is 11.4 Å². The molecule has 3 aromatic carbocycles. The average Bonchev–Trinajstić information content (AvgIpc) is 3.26. The first kappa shape index (κ1) is 24.5. The van der Waals surface area contributed by atoms with Gasteiger partial charge in [-0.15, -0.1) is 10.2 Å². The molecule has 0 saturated carbocycles. The van der Waals surface area contributed by atoms with Crippen molar-refractivity contribution in [3.63, 3.8) is 0 Å². The number of rotatable bonds is 9. The lowest BCUT2D eigenvalue weighted by molar-refractivity contribution is -0.113. The Bertz CT molecular complexity index is 1310. The zero-order valence-corrected chi connectivity index (χ0v) is 20.7. The number of nitrogens with zero attached hydrogens (tertiary/aromatic N) is 3. The molecule has 0 aliphatic carbocycles. The molecule has 1 amide bonds. The van der Waals surface area contributed by atoms with Gasteiger partial charge in [-0.2, -0.15) is 0 Å². The van der Waals surface area contributed by atoms with E-state index in [9.17, 15) is 9.18 Å². The van der Waals surface area contributed by atoms with E-state index in [0.29, 0.717) is 11.0 Å². The van der Waals surface area contributed by atoms with Crippen molar-refractivity contribution in [2.45, 2.75) is 38.5 Å². The fourth-order valence-electron chi connectivity index (χ4n) is 3.68. The fraction of sp³-hybridized carbons (Fsp3) is 0.222. The molecule has 0 radical (unpaired) electrons. The third kappa shape index (κ3) is 5.89. The van der Waals surface area contributed by atoms with Crippen LogP contribution in [0.25, 0.3) is 5.69 Å². The Hall–Kier alpha value is -3.65. The molecule has 180 valence electrons. The maximum absolute atomic E-state index is 14.0. The molecule has 0 fully saturated rings. The van der Waals surface area contributed by atoms with E-state index in [1.54, 1.807) is 18.2 Å². The SMILES string of the molecule is Cc1cccc(C(C)C)c1NC(=O)CSc1nnc(COc2ccccc2F)n1-c1ccccc1. The minimum absolute atomic E-state index is 0.0243. The molecular weight excluding hydrogens is 463 g/mol. The summed E-state index contributed by atoms with van der Waals surface area (Å²) >= 11 is 1.28. The molecule has 0 aliphatic rings. The number of thioether (sulfide) groups is 1. The summed E-state index contributed by atoms with van der Waals surface area (Å²) in [6, 6.07) is 21.8. The number of aromatic nitrogens is 3. The summed E-state index contributed by atoms with van der Waals surface area (Å²) in [7, 11) is 0. The number of nitrogens with one attached hydrogen (secondary N) is 1. The molecule has 1 N–H and O–H groups in total. The third-order valence-electron chi connectivity index (χ3n) is 5.43. The number of benzene rings is 3. The normalized spacial score (nSPS) is 11.0. The van der Waals surface area contributed by atoms with Crippen LogP contribution in [0.1, 0.15) is 36.7 Å². The van der Waals surface area contributed by atoms with E-state index in [1.807, 2.05) is 60.0 Å². The highest BCUT2D eigenvalue weighted by atomic mass is 32.2. The van der Waals surface area contributed by atoms with Gasteiger partial charge < -0.3 is 10.1 Å². The van der Waals surface area contributed by atoms with Gasteiger partial charge in [-0.25, -0.2) is 4.39 Å². The van der Waals surface area contributed by atoms with E-state index >= 15 is 0 Å². The molecule has 0 bridgehead atoms. The quantitative estimate of drug-likeness (QED) is 0.285. The molecule has 35 heavy (non-hydrogen) atoms. The van der Waals surface area contributed by atoms with E-state index in [1.165, 1.54) is 17.8 Å². The van der Waals surface area contributed by atoms with Gasteiger partial charge >= 0.3 is 0 Å². The summed E-state index contributed by atoms with van der Waals surface area (Å²) in [6.45, 7) is 6.22. The van der Waals surface area contributed by atoms with E-state index in [0.717, 1.165) is 22.5 Å². The van der Waals surface area contributed by atoms with Crippen molar-refractivity contribution in [1.29, 1.82) is 0 Å². The summed E-state index contributed by atoms with van der Waals surface area (Å²) in [5.41, 5.74) is 3.81. The average molecular weight is 491 g/mol. The van der Waals surface area contributed by atoms with Crippen molar-refractivity contribution in [2.75, 3.05) is 11.1 Å². The lowest BCUT2D eigenvalue weighted by Gasteiger charge is -2.16. The van der Waals surface area contributed by atoms with Gasteiger partial charge in [0.25, 0.3) is 0 Å². The minimum Gasteiger partial charge on any atom is -0.483 e. The van der Waals surface area contributed by atoms with Crippen LogP contribution in [0.2, 0.25) is 0 Å². The minimum atomic E-state index is -0.443. The lowest BCUT2D eigenvalue weighted by atomic mass is 9.98. The third-order valence-corrected chi connectivity index (χ3v) is 6.36. The number of hydrogen-bond donors (Lipinski definition) is 1. The molecule has 4 aromatic rings. The smallest absolute Gasteiger partial charge is 0.234 e. The highest BCUT2D eigenvalue weighted by Gasteiger charge is 2.18. The number of hydrogen-bond acceptors (Lipinski definition) is 5. The Morgan fingerprint density at radius 3 is 2.51 bits per heavy atom. The van der Waals surface area contributed by atoms with Gasteiger partial charge in [-0.1, -0.05) is 74.1 Å². The van der Waals surface area contributed by atoms with Gasteiger partial charge in [-0.05, 0) is 48.2 Å². The molecule has 0 saturated heterocycles. The largest absolute Gasteiger partial charge is 0.483 e. The Morgan fingerprint density at radius 2 is 1.77 bits per heavy atom. The summed E-state index contributed by atoms with van der Waals surface area (Å²) in [5, 5.41) is 12.2. The first-order valence-electron chi connectivity index (χ1n) is 11.3. The summed E-state index contributed by atoms with van der Waals surface area (Å²) in [4.78, 5) is 12.9. The Labute approximate surface area is 208 Å². The Balaban J connectivity index is 1.52. The first-order chi connectivity index (χ1) is 16.9. The predicted molar refractivity (Wildman–Crippen MR) is 137 cm³/mol. The second kappa shape index (κ2) is 11.2. The van der Waals surface area contributed by atoms with Crippen molar-refractivity contribution in [3.05, 3.63) is 95.6 Å². The van der Waals surface area contributed by atoms with Crippen LogP contribution < -0.4 is 10.1 Å².